The predicted molar refractivity (Wildman–Crippen MR) is 65.1 cm³/mol. The van der Waals surface area contributed by atoms with E-state index in [1.54, 1.807) is 6.26 Å². The fraction of sp³-hybridized carbons (Fsp3) is 0.692. The van der Waals surface area contributed by atoms with E-state index in [1.165, 1.54) is 12.8 Å². The van der Waals surface area contributed by atoms with E-state index in [-0.39, 0.29) is 12.1 Å². The second kappa shape index (κ2) is 5.02. The molecule has 1 saturated carbocycles. The number of hydrogen-bond donors (Lipinski definition) is 1. The smallest absolute Gasteiger partial charge is 0.122 e. The Morgan fingerprint density at radius 1 is 1.50 bits per heavy atom. The minimum atomic E-state index is 0.159. The lowest BCUT2D eigenvalue weighted by atomic mass is 10.0. The van der Waals surface area contributed by atoms with Crippen molar-refractivity contribution < 1.29 is 4.42 Å². The average Bonchev–Trinajstić information content (AvgIpc) is 3.00. The largest absolute Gasteiger partial charge is 0.468 e. The highest BCUT2D eigenvalue weighted by atomic mass is 16.3. The number of rotatable bonds is 6. The number of nitrogens with zero attached hydrogens (tertiary/aromatic N) is 1. The molecule has 3 heteroatoms. The summed E-state index contributed by atoms with van der Waals surface area (Å²) in [5.74, 6) is 1.02. The fourth-order valence-electron chi connectivity index (χ4n) is 2.39. The van der Waals surface area contributed by atoms with E-state index in [9.17, 15) is 0 Å². The van der Waals surface area contributed by atoms with Gasteiger partial charge in [0.05, 0.1) is 12.3 Å². The zero-order chi connectivity index (χ0) is 11.5. The second-order valence-electron chi connectivity index (χ2n) is 4.59. The van der Waals surface area contributed by atoms with Crippen molar-refractivity contribution in [3.63, 3.8) is 0 Å². The van der Waals surface area contributed by atoms with Crippen LogP contribution in [0.15, 0.2) is 22.8 Å². The third kappa shape index (κ3) is 2.30. The zero-order valence-electron chi connectivity index (χ0n) is 10.2. The van der Waals surface area contributed by atoms with Crippen molar-refractivity contribution in [3.05, 3.63) is 24.2 Å². The molecule has 1 aromatic rings. The summed E-state index contributed by atoms with van der Waals surface area (Å²) < 4.78 is 5.56. The van der Waals surface area contributed by atoms with E-state index in [4.69, 9.17) is 10.2 Å². The Morgan fingerprint density at radius 3 is 2.69 bits per heavy atom. The first-order valence-corrected chi connectivity index (χ1v) is 6.32. The lowest BCUT2D eigenvalue weighted by Crippen LogP contribution is -2.41. The van der Waals surface area contributed by atoms with Crippen LogP contribution in [0.2, 0.25) is 0 Å². The summed E-state index contributed by atoms with van der Waals surface area (Å²) in [6.45, 7) is 5.39. The van der Waals surface area contributed by atoms with Gasteiger partial charge in [-0.2, -0.15) is 0 Å². The van der Waals surface area contributed by atoms with Crippen molar-refractivity contribution in [2.24, 2.45) is 5.73 Å². The second-order valence-corrected chi connectivity index (χ2v) is 4.59. The molecule has 1 aromatic heterocycles. The number of likely N-dealkylation sites (N-methyl/N-ethyl adjacent to an activating group) is 1. The van der Waals surface area contributed by atoms with Crippen molar-refractivity contribution in [1.29, 1.82) is 0 Å². The van der Waals surface area contributed by atoms with E-state index in [0.29, 0.717) is 0 Å². The summed E-state index contributed by atoms with van der Waals surface area (Å²) in [5.41, 5.74) is 6.25. The Morgan fingerprint density at radius 2 is 2.25 bits per heavy atom. The standard InChI is InChI=1S/C13H22N2O/c1-3-11(14)13(12-6-5-9-16-12)15(4-2)10-7-8-10/h5-6,9-11,13H,3-4,7-8,14H2,1-2H3. The molecule has 1 aliphatic rings. The van der Waals surface area contributed by atoms with Crippen LogP contribution in [0.3, 0.4) is 0 Å². The molecule has 2 unspecified atom stereocenters. The lowest BCUT2D eigenvalue weighted by Gasteiger charge is -2.33. The maximum atomic E-state index is 6.25. The maximum absolute atomic E-state index is 6.25. The first-order valence-electron chi connectivity index (χ1n) is 6.32. The van der Waals surface area contributed by atoms with Gasteiger partial charge in [0.25, 0.3) is 0 Å². The zero-order valence-corrected chi connectivity index (χ0v) is 10.2. The predicted octanol–water partition coefficient (Wildman–Crippen LogP) is 2.54. The van der Waals surface area contributed by atoms with Gasteiger partial charge in [-0.3, -0.25) is 4.90 Å². The van der Waals surface area contributed by atoms with Crippen molar-refractivity contribution in [1.82, 2.24) is 4.90 Å². The normalized spacial score (nSPS) is 20.0. The van der Waals surface area contributed by atoms with Crippen LogP contribution in [0.1, 0.15) is 44.9 Å². The number of nitrogens with two attached hydrogens (primary N) is 1. The quantitative estimate of drug-likeness (QED) is 0.804. The molecule has 16 heavy (non-hydrogen) atoms. The first kappa shape index (κ1) is 11.7. The Labute approximate surface area is 97.6 Å². The van der Waals surface area contributed by atoms with Crippen LogP contribution in [0.4, 0.5) is 0 Å². The van der Waals surface area contributed by atoms with Gasteiger partial charge in [-0.25, -0.2) is 0 Å². The molecule has 2 atom stereocenters. The van der Waals surface area contributed by atoms with Gasteiger partial charge >= 0.3 is 0 Å². The van der Waals surface area contributed by atoms with Crippen LogP contribution in [-0.2, 0) is 0 Å². The summed E-state index contributed by atoms with van der Waals surface area (Å²) in [4.78, 5) is 2.49. The molecule has 0 saturated heterocycles. The molecule has 2 N–H and O–H groups in total. The highest BCUT2D eigenvalue weighted by Gasteiger charge is 2.37. The van der Waals surface area contributed by atoms with Gasteiger partial charge < -0.3 is 10.2 Å². The molecule has 0 spiro atoms. The van der Waals surface area contributed by atoms with E-state index in [0.717, 1.165) is 24.8 Å². The van der Waals surface area contributed by atoms with Crippen molar-refractivity contribution in [3.8, 4) is 0 Å². The monoisotopic (exact) mass is 222 g/mol. The van der Waals surface area contributed by atoms with E-state index < -0.39 is 0 Å². The SMILES string of the molecule is CCC(N)C(c1ccco1)N(CC)C1CC1. The Hall–Kier alpha value is -0.800. The van der Waals surface area contributed by atoms with Crippen LogP contribution >= 0.6 is 0 Å². The molecule has 0 aromatic carbocycles. The Kier molecular flexibility index (Phi) is 3.66. The summed E-state index contributed by atoms with van der Waals surface area (Å²) in [6.07, 6.45) is 5.34. The van der Waals surface area contributed by atoms with Gasteiger partial charge in [-0.15, -0.1) is 0 Å². The molecular formula is C13H22N2O. The van der Waals surface area contributed by atoms with Crippen LogP contribution in [-0.4, -0.2) is 23.5 Å². The maximum Gasteiger partial charge on any atom is 0.122 e. The third-order valence-electron chi connectivity index (χ3n) is 3.45. The van der Waals surface area contributed by atoms with Crippen molar-refractivity contribution in [2.75, 3.05) is 6.54 Å². The summed E-state index contributed by atoms with van der Waals surface area (Å²) in [7, 11) is 0. The molecular weight excluding hydrogens is 200 g/mol. The molecule has 1 fully saturated rings. The van der Waals surface area contributed by atoms with Gasteiger partial charge in [0.1, 0.15) is 5.76 Å². The first-order chi connectivity index (χ1) is 7.77. The minimum Gasteiger partial charge on any atom is -0.468 e. The van der Waals surface area contributed by atoms with Crippen LogP contribution in [0, 0.1) is 0 Å². The van der Waals surface area contributed by atoms with Gasteiger partial charge in [-0.05, 0) is 37.9 Å². The molecule has 1 heterocycles. The molecule has 0 aliphatic heterocycles. The van der Waals surface area contributed by atoms with Crippen molar-refractivity contribution in [2.45, 2.75) is 51.2 Å². The summed E-state index contributed by atoms with van der Waals surface area (Å²) in [6, 6.07) is 5.12. The van der Waals surface area contributed by atoms with Crippen LogP contribution < -0.4 is 5.73 Å². The Balaban J connectivity index is 2.19. The molecule has 2 rings (SSSR count). The third-order valence-corrected chi connectivity index (χ3v) is 3.45. The summed E-state index contributed by atoms with van der Waals surface area (Å²) >= 11 is 0. The topological polar surface area (TPSA) is 42.4 Å². The molecule has 0 amide bonds. The van der Waals surface area contributed by atoms with E-state index in [1.807, 2.05) is 12.1 Å². The molecule has 1 aliphatic carbocycles. The van der Waals surface area contributed by atoms with Gasteiger partial charge in [0.15, 0.2) is 0 Å². The highest BCUT2D eigenvalue weighted by Crippen LogP contribution is 2.36. The highest BCUT2D eigenvalue weighted by molar-refractivity contribution is 5.09. The molecule has 0 bridgehead atoms. The summed E-state index contributed by atoms with van der Waals surface area (Å²) in [5, 5.41) is 0. The van der Waals surface area contributed by atoms with E-state index >= 15 is 0 Å². The van der Waals surface area contributed by atoms with Gasteiger partial charge in [-0.1, -0.05) is 13.8 Å². The lowest BCUT2D eigenvalue weighted by molar-refractivity contribution is 0.146. The minimum absolute atomic E-state index is 0.159. The molecule has 3 nitrogen and oxygen atoms in total. The van der Waals surface area contributed by atoms with Crippen molar-refractivity contribution >= 4 is 0 Å². The molecule has 0 radical (unpaired) electrons. The van der Waals surface area contributed by atoms with Gasteiger partial charge in [0, 0.05) is 12.1 Å². The fourth-order valence-corrected chi connectivity index (χ4v) is 2.39. The Bertz CT molecular complexity index is 306. The van der Waals surface area contributed by atoms with Gasteiger partial charge in [0.2, 0.25) is 0 Å². The van der Waals surface area contributed by atoms with Crippen LogP contribution in [0.5, 0.6) is 0 Å². The average molecular weight is 222 g/mol. The number of furan rings is 1. The number of hydrogen-bond acceptors (Lipinski definition) is 3. The molecule has 90 valence electrons. The van der Waals surface area contributed by atoms with Crippen LogP contribution in [0.25, 0.3) is 0 Å². The van der Waals surface area contributed by atoms with E-state index in [2.05, 4.69) is 18.7 Å².